The van der Waals surface area contributed by atoms with E-state index in [-0.39, 0.29) is 23.7 Å². The van der Waals surface area contributed by atoms with E-state index in [1.807, 2.05) is 0 Å². The third kappa shape index (κ3) is 4.02. The SMILES string of the molecule is CCOC(=O)c1cn[nH]c1S(=O)(=O)NCC(C)(O)CC. The molecular formula is C11H19N3O5S. The van der Waals surface area contributed by atoms with Crippen LogP contribution < -0.4 is 4.72 Å². The number of nitrogens with one attached hydrogen (secondary N) is 2. The van der Waals surface area contributed by atoms with Gasteiger partial charge in [0.1, 0.15) is 5.56 Å². The van der Waals surface area contributed by atoms with Crippen molar-refractivity contribution in [1.82, 2.24) is 14.9 Å². The van der Waals surface area contributed by atoms with Crippen LogP contribution in [0.5, 0.6) is 0 Å². The molecule has 0 fully saturated rings. The number of aromatic amines is 1. The van der Waals surface area contributed by atoms with Crippen LogP contribution in [0.4, 0.5) is 0 Å². The maximum absolute atomic E-state index is 12.1. The molecule has 8 nitrogen and oxygen atoms in total. The summed E-state index contributed by atoms with van der Waals surface area (Å²) in [7, 11) is -3.98. The summed E-state index contributed by atoms with van der Waals surface area (Å²) < 4.78 is 31.1. The fourth-order valence-corrected chi connectivity index (χ4v) is 2.52. The molecule has 1 unspecified atom stereocenters. The maximum atomic E-state index is 12.1. The molecule has 0 aliphatic carbocycles. The van der Waals surface area contributed by atoms with Gasteiger partial charge >= 0.3 is 5.97 Å². The third-order valence-corrected chi connectivity index (χ3v) is 4.15. The molecule has 1 heterocycles. The highest BCUT2D eigenvalue weighted by atomic mass is 32.2. The Kier molecular flexibility index (Phi) is 5.26. The van der Waals surface area contributed by atoms with E-state index in [0.29, 0.717) is 6.42 Å². The number of esters is 1. The first-order chi connectivity index (χ1) is 9.23. The van der Waals surface area contributed by atoms with E-state index in [2.05, 4.69) is 14.9 Å². The van der Waals surface area contributed by atoms with Gasteiger partial charge < -0.3 is 9.84 Å². The highest BCUT2D eigenvalue weighted by Gasteiger charge is 2.28. The normalized spacial score (nSPS) is 14.8. The van der Waals surface area contributed by atoms with Gasteiger partial charge in [-0.3, -0.25) is 5.10 Å². The zero-order valence-corrected chi connectivity index (χ0v) is 12.5. The quantitative estimate of drug-likeness (QED) is 0.611. The highest BCUT2D eigenvalue weighted by Crippen LogP contribution is 2.14. The van der Waals surface area contributed by atoms with Crippen LogP contribution in [0.3, 0.4) is 0 Å². The molecule has 114 valence electrons. The van der Waals surface area contributed by atoms with E-state index in [9.17, 15) is 18.3 Å². The zero-order chi connectivity index (χ0) is 15.4. The molecule has 0 aliphatic rings. The summed E-state index contributed by atoms with van der Waals surface area (Å²) in [5.41, 5.74) is -1.34. The van der Waals surface area contributed by atoms with Gasteiger partial charge in [0.2, 0.25) is 0 Å². The van der Waals surface area contributed by atoms with Crippen molar-refractivity contribution in [2.75, 3.05) is 13.2 Å². The molecule has 1 aromatic rings. The van der Waals surface area contributed by atoms with Crippen molar-refractivity contribution in [2.45, 2.75) is 37.8 Å². The molecule has 1 aromatic heterocycles. The van der Waals surface area contributed by atoms with Crippen LogP contribution in [0, 0.1) is 0 Å². The molecule has 0 spiro atoms. The van der Waals surface area contributed by atoms with Gasteiger partial charge in [-0.05, 0) is 20.3 Å². The number of ether oxygens (including phenoxy) is 1. The number of H-pyrrole nitrogens is 1. The number of nitrogens with zero attached hydrogens (tertiary/aromatic N) is 1. The Balaban J connectivity index is 2.94. The lowest BCUT2D eigenvalue weighted by atomic mass is 10.1. The summed E-state index contributed by atoms with van der Waals surface area (Å²) in [5.74, 6) is -0.774. The van der Waals surface area contributed by atoms with Gasteiger partial charge in [0.15, 0.2) is 5.03 Å². The Hall–Kier alpha value is -1.45. The van der Waals surface area contributed by atoms with Crippen LogP contribution in [-0.4, -0.2) is 48.4 Å². The number of sulfonamides is 1. The predicted octanol–water partition coefficient (Wildman–Crippen LogP) is 0.0257. The molecule has 0 saturated carbocycles. The zero-order valence-electron chi connectivity index (χ0n) is 11.6. The van der Waals surface area contributed by atoms with Gasteiger partial charge in [0, 0.05) is 6.54 Å². The van der Waals surface area contributed by atoms with Crippen molar-refractivity contribution in [3.8, 4) is 0 Å². The first kappa shape index (κ1) is 16.6. The number of carbonyl (C=O) groups is 1. The summed E-state index contributed by atoms with van der Waals surface area (Å²) in [6.45, 7) is 4.81. The van der Waals surface area contributed by atoms with Gasteiger partial charge in [-0.2, -0.15) is 5.10 Å². The molecule has 1 rings (SSSR count). The fraction of sp³-hybridized carbons (Fsp3) is 0.636. The molecule has 1 atom stereocenters. The second-order valence-electron chi connectivity index (χ2n) is 4.51. The molecule has 9 heteroatoms. The molecule has 0 aromatic carbocycles. The first-order valence-electron chi connectivity index (χ1n) is 6.16. The van der Waals surface area contributed by atoms with Crippen molar-refractivity contribution in [2.24, 2.45) is 0 Å². The Labute approximate surface area is 117 Å². The molecular weight excluding hydrogens is 286 g/mol. The Morgan fingerprint density at radius 2 is 2.20 bits per heavy atom. The van der Waals surface area contributed by atoms with Crippen LogP contribution in [-0.2, 0) is 14.8 Å². The van der Waals surface area contributed by atoms with Gasteiger partial charge in [-0.1, -0.05) is 6.92 Å². The highest BCUT2D eigenvalue weighted by molar-refractivity contribution is 7.89. The van der Waals surface area contributed by atoms with E-state index >= 15 is 0 Å². The summed E-state index contributed by atoms with van der Waals surface area (Å²) in [4.78, 5) is 11.6. The second kappa shape index (κ2) is 6.33. The number of aliphatic hydroxyl groups is 1. The monoisotopic (exact) mass is 305 g/mol. The van der Waals surface area contributed by atoms with Crippen molar-refractivity contribution >= 4 is 16.0 Å². The third-order valence-electron chi connectivity index (χ3n) is 2.77. The van der Waals surface area contributed by atoms with E-state index in [1.165, 1.54) is 6.92 Å². The summed E-state index contributed by atoms with van der Waals surface area (Å²) in [5, 5.41) is 15.2. The molecule has 0 amide bonds. The average molecular weight is 305 g/mol. The summed E-state index contributed by atoms with van der Waals surface area (Å²) in [6.07, 6.45) is 1.47. The Morgan fingerprint density at radius 3 is 2.75 bits per heavy atom. The van der Waals surface area contributed by atoms with Gasteiger partial charge in [-0.15, -0.1) is 0 Å². The molecule has 20 heavy (non-hydrogen) atoms. The van der Waals surface area contributed by atoms with E-state index in [4.69, 9.17) is 4.74 Å². The van der Waals surface area contributed by atoms with Crippen LogP contribution in [0.2, 0.25) is 0 Å². The van der Waals surface area contributed by atoms with Crippen LogP contribution >= 0.6 is 0 Å². The van der Waals surface area contributed by atoms with Crippen LogP contribution in [0.1, 0.15) is 37.6 Å². The molecule has 3 N–H and O–H groups in total. The standard InChI is InChI=1S/C11H19N3O5S/c1-4-11(3,16)7-13-20(17,18)9-8(6-12-14-9)10(15)19-5-2/h6,13,16H,4-5,7H2,1-3H3,(H,12,14). The van der Waals surface area contributed by atoms with Gasteiger partial charge in [0.05, 0.1) is 18.4 Å². The van der Waals surface area contributed by atoms with Gasteiger partial charge in [0.25, 0.3) is 10.0 Å². The lowest BCUT2D eigenvalue weighted by Crippen LogP contribution is -2.40. The lowest BCUT2D eigenvalue weighted by molar-refractivity contribution is 0.0522. The largest absolute Gasteiger partial charge is 0.462 e. The van der Waals surface area contributed by atoms with Crippen molar-refractivity contribution in [1.29, 1.82) is 0 Å². The van der Waals surface area contributed by atoms with Crippen molar-refractivity contribution < 1.29 is 23.1 Å². The predicted molar refractivity (Wildman–Crippen MR) is 70.6 cm³/mol. The van der Waals surface area contributed by atoms with E-state index < -0.39 is 21.6 Å². The minimum absolute atomic E-state index is 0.126. The number of hydrogen-bond acceptors (Lipinski definition) is 6. The van der Waals surface area contributed by atoms with E-state index in [1.54, 1.807) is 13.8 Å². The average Bonchev–Trinajstić information content (AvgIpc) is 2.87. The summed E-state index contributed by atoms with van der Waals surface area (Å²) in [6, 6.07) is 0. The number of hydrogen-bond donors (Lipinski definition) is 3. The number of carbonyl (C=O) groups excluding carboxylic acids is 1. The fourth-order valence-electron chi connectivity index (χ4n) is 1.28. The number of rotatable bonds is 7. The molecule has 0 bridgehead atoms. The molecule has 0 aliphatic heterocycles. The topological polar surface area (TPSA) is 121 Å². The smallest absolute Gasteiger partial charge is 0.342 e. The Morgan fingerprint density at radius 1 is 1.55 bits per heavy atom. The van der Waals surface area contributed by atoms with Crippen LogP contribution in [0.15, 0.2) is 11.2 Å². The van der Waals surface area contributed by atoms with Crippen LogP contribution in [0.25, 0.3) is 0 Å². The van der Waals surface area contributed by atoms with Crippen molar-refractivity contribution in [3.63, 3.8) is 0 Å². The lowest BCUT2D eigenvalue weighted by Gasteiger charge is -2.21. The molecule has 0 radical (unpaired) electrons. The Bertz CT molecular complexity index is 564. The van der Waals surface area contributed by atoms with Gasteiger partial charge in [-0.25, -0.2) is 17.9 Å². The number of aromatic nitrogens is 2. The second-order valence-corrected chi connectivity index (χ2v) is 6.21. The first-order valence-corrected chi connectivity index (χ1v) is 7.64. The minimum Gasteiger partial charge on any atom is -0.462 e. The maximum Gasteiger partial charge on any atom is 0.342 e. The summed E-state index contributed by atoms with van der Waals surface area (Å²) >= 11 is 0. The van der Waals surface area contributed by atoms with Crippen molar-refractivity contribution in [3.05, 3.63) is 11.8 Å². The minimum atomic E-state index is -3.98. The van der Waals surface area contributed by atoms with E-state index in [0.717, 1.165) is 6.20 Å². The molecule has 0 saturated heterocycles.